The van der Waals surface area contributed by atoms with Crippen LogP contribution in [0, 0.1) is 11.3 Å². The van der Waals surface area contributed by atoms with Gasteiger partial charge in [-0.2, -0.15) is 5.26 Å². The van der Waals surface area contributed by atoms with Crippen molar-refractivity contribution in [1.29, 1.82) is 5.26 Å². The van der Waals surface area contributed by atoms with E-state index >= 15 is 0 Å². The molecular weight excluding hydrogens is 224 g/mol. The summed E-state index contributed by atoms with van der Waals surface area (Å²) in [7, 11) is 0. The number of nitrogens with one attached hydrogen (secondary N) is 1. The van der Waals surface area contributed by atoms with Crippen LogP contribution in [0.25, 0.3) is 10.8 Å². The van der Waals surface area contributed by atoms with Gasteiger partial charge in [-0.3, -0.25) is 4.79 Å². The number of nitriles is 1. The smallest absolute Gasteiger partial charge is 0.234 e. The summed E-state index contributed by atoms with van der Waals surface area (Å²) >= 11 is 0. The molecule has 2 aromatic rings. The Bertz CT molecular complexity index is 608. The number of hydrogen-bond donors (Lipinski definition) is 1. The number of amides is 1. The van der Waals surface area contributed by atoms with Crippen LogP contribution < -0.4 is 5.32 Å². The first kappa shape index (κ1) is 12.1. The van der Waals surface area contributed by atoms with E-state index in [0.29, 0.717) is 0 Å². The SMILES string of the molecule is C[C@@H](NC(=O)CC#N)c1cccc2ccccc12. The van der Waals surface area contributed by atoms with Gasteiger partial charge in [0.05, 0.1) is 12.1 Å². The van der Waals surface area contributed by atoms with Gasteiger partial charge in [0.1, 0.15) is 6.42 Å². The van der Waals surface area contributed by atoms with Crippen molar-refractivity contribution in [2.75, 3.05) is 0 Å². The second-order valence-electron chi connectivity index (χ2n) is 4.19. The highest BCUT2D eigenvalue weighted by Gasteiger charge is 2.11. The van der Waals surface area contributed by atoms with Gasteiger partial charge in [-0.05, 0) is 23.3 Å². The molecule has 0 aliphatic carbocycles. The summed E-state index contributed by atoms with van der Waals surface area (Å²) in [6.07, 6.45) is -0.102. The van der Waals surface area contributed by atoms with Crippen LogP contribution in [0.1, 0.15) is 24.9 Å². The molecule has 18 heavy (non-hydrogen) atoms. The van der Waals surface area contributed by atoms with E-state index in [0.717, 1.165) is 16.3 Å². The lowest BCUT2D eigenvalue weighted by Gasteiger charge is -2.15. The predicted molar refractivity (Wildman–Crippen MR) is 70.7 cm³/mol. The molecule has 0 heterocycles. The molecule has 3 nitrogen and oxygen atoms in total. The fourth-order valence-corrected chi connectivity index (χ4v) is 2.07. The number of carbonyl (C=O) groups is 1. The number of benzene rings is 2. The van der Waals surface area contributed by atoms with Crippen molar-refractivity contribution >= 4 is 16.7 Å². The van der Waals surface area contributed by atoms with Crippen molar-refractivity contribution < 1.29 is 4.79 Å². The van der Waals surface area contributed by atoms with Crippen LogP contribution in [0.15, 0.2) is 42.5 Å². The van der Waals surface area contributed by atoms with Crippen molar-refractivity contribution in [3.05, 3.63) is 48.0 Å². The highest BCUT2D eigenvalue weighted by molar-refractivity contribution is 5.87. The van der Waals surface area contributed by atoms with Gasteiger partial charge in [-0.25, -0.2) is 0 Å². The Morgan fingerprint density at radius 2 is 2.00 bits per heavy atom. The molecule has 0 radical (unpaired) electrons. The summed E-state index contributed by atoms with van der Waals surface area (Å²) in [6.45, 7) is 1.93. The molecule has 2 rings (SSSR count). The molecular formula is C15H14N2O. The lowest BCUT2D eigenvalue weighted by atomic mass is 9.99. The van der Waals surface area contributed by atoms with Crippen LogP contribution in [0.3, 0.4) is 0 Å². The zero-order valence-electron chi connectivity index (χ0n) is 10.2. The Morgan fingerprint density at radius 1 is 1.28 bits per heavy atom. The van der Waals surface area contributed by atoms with Crippen LogP contribution in [0.2, 0.25) is 0 Å². The fraction of sp³-hybridized carbons (Fsp3) is 0.200. The Labute approximate surface area is 106 Å². The maximum atomic E-state index is 11.4. The molecule has 0 fully saturated rings. The third-order valence-corrected chi connectivity index (χ3v) is 2.91. The van der Waals surface area contributed by atoms with Gasteiger partial charge in [0.25, 0.3) is 0 Å². The van der Waals surface area contributed by atoms with Crippen LogP contribution in [-0.4, -0.2) is 5.91 Å². The Balaban J connectivity index is 2.31. The Morgan fingerprint density at radius 3 is 2.78 bits per heavy atom. The molecule has 90 valence electrons. The van der Waals surface area contributed by atoms with E-state index < -0.39 is 0 Å². The number of fused-ring (bicyclic) bond motifs is 1. The molecule has 0 aliphatic heterocycles. The molecule has 1 atom stereocenters. The summed E-state index contributed by atoms with van der Waals surface area (Å²) in [5, 5.41) is 13.6. The van der Waals surface area contributed by atoms with E-state index in [1.54, 1.807) is 0 Å². The van der Waals surface area contributed by atoms with E-state index in [1.165, 1.54) is 0 Å². The maximum absolute atomic E-state index is 11.4. The molecule has 0 unspecified atom stereocenters. The summed E-state index contributed by atoms with van der Waals surface area (Å²) in [5.74, 6) is -0.238. The summed E-state index contributed by atoms with van der Waals surface area (Å²) in [4.78, 5) is 11.4. The summed E-state index contributed by atoms with van der Waals surface area (Å²) in [6, 6.07) is 15.8. The lowest BCUT2D eigenvalue weighted by Crippen LogP contribution is -2.26. The normalized spacial score (nSPS) is 11.8. The highest BCUT2D eigenvalue weighted by atomic mass is 16.1. The number of rotatable bonds is 3. The fourth-order valence-electron chi connectivity index (χ4n) is 2.07. The maximum Gasteiger partial charge on any atom is 0.234 e. The molecule has 1 N–H and O–H groups in total. The zero-order chi connectivity index (χ0) is 13.0. The van der Waals surface area contributed by atoms with Crippen molar-refractivity contribution in [1.82, 2.24) is 5.32 Å². The molecule has 0 aromatic heterocycles. The number of nitrogens with zero attached hydrogens (tertiary/aromatic N) is 1. The second kappa shape index (κ2) is 5.33. The minimum Gasteiger partial charge on any atom is -0.349 e. The topological polar surface area (TPSA) is 52.9 Å². The van der Waals surface area contributed by atoms with Crippen molar-refractivity contribution in [3.8, 4) is 6.07 Å². The highest BCUT2D eigenvalue weighted by Crippen LogP contribution is 2.23. The molecule has 0 saturated carbocycles. The van der Waals surface area contributed by atoms with Gasteiger partial charge in [0.2, 0.25) is 5.91 Å². The van der Waals surface area contributed by atoms with Gasteiger partial charge in [0.15, 0.2) is 0 Å². The van der Waals surface area contributed by atoms with E-state index in [9.17, 15) is 4.79 Å². The average Bonchev–Trinajstić information content (AvgIpc) is 2.38. The molecule has 0 spiro atoms. The standard InChI is InChI=1S/C15H14N2O/c1-11(17-15(18)9-10-16)13-8-4-6-12-5-2-3-7-14(12)13/h2-8,11H,9H2,1H3,(H,17,18)/t11-/m1/s1. The largest absolute Gasteiger partial charge is 0.349 e. The van der Waals surface area contributed by atoms with Crippen LogP contribution >= 0.6 is 0 Å². The van der Waals surface area contributed by atoms with Crippen molar-refractivity contribution in [2.45, 2.75) is 19.4 Å². The minimum atomic E-state index is -0.238. The summed E-state index contributed by atoms with van der Waals surface area (Å²) in [5.41, 5.74) is 1.07. The quantitative estimate of drug-likeness (QED) is 0.893. The monoisotopic (exact) mass is 238 g/mol. The number of hydrogen-bond acceptors (Lipinski definition) is 2. The first-order valence-electron chi connectivity index (χ1n) is 5.86. The van der Waals surface area contributed by atoms with E-state index in [-0.39, 0.29) is 18.4 Å². The number of carbonyl (C=O) groups excluding carboxylic acids is 1. The molecule has 2 aromatic carbocycles. The predicted octanol–water partition coefficient (Wildman–Crippen LogP) is 2.93. The van der Waals surface area contributed by atoms with Crippen LogP contribution in [-0.2, 0) is 4.79 Å². The van der Waals surface area contributed by atoms with Crippen molar-refractivity contribution in [3.63, 3.8) is 0 Å². The van der Waals surface area contributed by atoms with E-state index in [4.69, 9.17) is 5.26 Å². The summed E-state index contributed by atoms with van der Waals surface area (Å²) < 4.78 is 0. The Kier molecular flexibility index (Phi) is 3.59. The van der Waals surface area contributed by atoms with Gasteiger partial charge in [-0.1, -0.05) is 42.5 Å². The molecule has 3 heteroatoms. The molecule has 0 aliphatic rings. The minimum absolute atomic E-state index is 0.100. The van der Waals surface area contributed by atoms with Crippen LogP contribution in [0.5, 0.6) is 0 Å². The van der Waals surface area contributed by atoms with Crippen LogP contribution in [0.4, 0.5) is 0 Å². The zero-order valence-corrected chi connectivity index (χ0v) is 10.2. The second-order valence-corrected chi connectivity index (χ2v) is 4.19. The van der Waals surface area contributed by atoms with Gasteiger partial charge < -0.3 is 5.32 Å². The van der Waals surface area contributed by atoms with E-state index in [1.807, 2.05) is 55.5 Å². The molecule has 0 saturated heterocycles. The van der Waals surface area contributed by atoms with Gasteiger partial charge in [-0.15, -0.1) is 0 Å². The first-order chi connectivity index (χ1) is 8.72. The van der Waals surface area contributed by atoms with Gasteiger partial charge in [0, 0.05) is 0 Å². The first-order valence-corrected chi connectivity index (χ1v) is 5.86. The Hall–Kier alpha value is -2.34. The molecule has 1 amide bonds. The molecule has 0 bridgehead atoms. The van der Waals surface area contributed by atoms with Crippen molar-refractivity contribution in [2.24, 2.45) is 0 Å². The van der Waals surface area contributed by atoms with Gasteiger partial charge >= 0.3 is 0 Å². The lowest BCUT2D eigenvalue weighted by molar-refractivity contribution is -0.120. The van der Waals surface area contributed by atoms with E-state index in [2.05, 4.69) is 5.32 Å². The third-order valence-electron chi connectivity index (χ3n) is 2.91. The average molecular weight is 238 g/mol. The third kappa shape index (κ3) is 2.49.